The second-order valence-corrected chi connectivity index (χ2v) is 5.82. The molecule has 0 atom stereocenters. The lowest BCUT2D eigenvalue weighted by molar-refractivity contribution is 0.236. The molecule has 0 amide bonds. The summed E-state index contributed by atoms with van der Waals surface area (Å²) in [7, 11) is 1.78. The minimum absolute atomic E-state index is 1.08. The van der Waals surface area contributed by atoms with Crippen molar-refractivity contribution in [1.82, 2.24) is 10.2 Å². The van der Waals surface area contributed by atoms with Crippen molar-refractivity contribution in [3.05, 3.63) is 28.8 Å². The van der Waals surface area contributed by atoms with Crippen LogP contribution in [0.4, 0.5) is 0 Å². The number of nitrogens with one attached hydrogen (secondary N) is 1. The summed E-state index contributed by atoms with van der Waals surface area (Å²) in [5, 5.41) is 3.40. The Hall–Kier alpha value is -1.06. The summed E-state index contributed by atoms with van der Waals surface area (Å²) >= 11 is 0. The van der Waals surface area contributed by atoms with Gasteiger partial charge in [-0.3, -0.25) is 0 Å². The molecule has 3 heteroatoms. The van der Waals surface area contributed by atoms with E-state index >= 15 is 0 Å². The number of ether oxygens (including phenoxy) is 1. The van der Waals surface area contributed by atoms with Crippen LogP contribution in [-0.4, -0.2) is 44.7 Å². The van der Waals surface area contributed by atoms with E-state index in [0.717, 1.165) is 25.3 Å². The average Bonchev–Trinajstić information content (AvgIpc) is 2.44. The van der Waals surface area contributed by atoms with E-state index in [0.29, 0.717) is 0 Å². The summed E-state index contributed by atoms with van der Waals surface area (Å²) in [4.78, 5) is 2.56. The third-order valence-corrected chi connectivity index (χ3v) is 4.08. The van der Waals surface area contributed by atoms with Gasteiger partial charge in [-0.2, -0.15) is 0 Å². The Morgan fingerprint density at radius 1 is 1.15 bits per heavy atom. The third kappa shape index (κ3) is 4.22. The molecule has 0 radical (unpaired) electrons. The van der Waals surface area contributed by atoms with Crippen molar-refractivity contribution in [3.8, 4) is 5.75 Å². The predicted molar refractivity (Wildman–Crippen MR) is 84.7 cm³/mol. The van der Waals surface area contributed by atoms with Crippen molar-refractivity contribution in [3.63, 3.8) is 0 Å². The summed E-state index contributed by atoms with van der Waals surface area (Å²) in [5.74, 6) is 1.08. The second-order valence-electron chi connectivity index (χ2n) is 5.82. The molecule has 1 aromatic carbocycles. The Labute approximate surface area is 123 Å². The van der Waals surface area contributed by atoms with Crippen molar-refractivity contribution < 1.29 is 4.74 Å². The maximum Gasteiger partial charge on any atom is 0.124 e. The molecule has 3 nitrogen and oxygen atoms in total. The van der Waals surface area contributed by atoms with Crippen LogP contribution in [0.25, 0.3) is 0 Å². The lowest BCUT2D eigenvalue weighted by atomic mass is 10.0. The zero-order valence-corrected chi connectivity index (χ0v) is 13.2. The normalized spacial score (nSPS) is 16.4. The predicted octanol–water partition coefficient (Wildman–Crippen LogP) is 2.54. The van der Waals surface area contributed by atoms with E-state index in [2.05, 4.69) is 36.2 Å². The van der Waals surface area contributed by atoms with E-state index in [4.69, 9.17) is 4.74 Å². The molecule has 1 saturated heterocycles. The van der Waals surface area contributed by atoms with Crippen LogP contribution in [0, 0.1) is 13.8 Å². The van der Waals surface area contributed by atoms with Gasteiger partial charge in [0, 0.05) is 26.2 Å². The summed E-state index contributed by atoms with van der Waals surface area (Å²) in [5.41, 5.74) is 3.95. The highest BCUT2D eigenvalue weighted by molar-refractivity contribution is 5.43. The van der Waals surface area contributed by atoms with Gasteiger partial charge in [-0.1, -0.05) is 17.7 Å². The highest BCUT2D eigenvalue weighted by Gasteiger charge is 2.10. The smallest absolute Gasteiger partial charge is 0.124 e. The third-order valence-electron chi connectivity index (χ3n) is 4.08. The maximum absolute atomic E-state index is 5.56. The molecule has 1 heterocycles. The van der Waals surface area contributed by atoms with Crippen LogP contribution in [0.15, 0.2) is 12.1 Å². The van der Waals surface area contributed by atoms with Gasteiger partial charge >= 0.3 is 0 Å². The van der Waals surface area contributed by atoms with E-state index < -0.39 is 0 Å². The Balaban J connectivity index is 1.81. The zero-order valence-electron chi connectivity index (χ0n) is 13.2. The first kappa shape index (κ1) is 15.3. The number of piperazine rings is 1. The SMILES string of the molecule is COc1c(C)cc(C)cc1CCCCN1CCNCC1. The van der Waals surface area contributed by atoms with E-state index in [-0.39, 0.29) is 0 Å². The molecule has 1 fully saturated rings. The summed E-state index contributed by atoms with van der Waals surface area (Å²) in [6.07, 6.45) is 3.64. The van der Waals surface area contributed by atoms with Crippen LogP contribution in [0.1, 0.15) is 29.5 Å². The fourth-order valence-corrected chi connectivity index (χ4v) is 3.11. The lowest BCUT2D eigenvalue weighted by Crippen LogP contribution is -2.43. The Morgan fingerprint density at radius 3 is 2.60 bits per heavy atom. The Bertz CT molecular complexity index is 425. The molecule has 112 valence electrons. The van der Waals surface area contributed by atoms with Gasteiger partial charge in [0.25, 0.3) is 0 Å². The quantitative estimate of drug-likeness (QED) is 0.808. The van der Waals surface area contributed by atoms with Crippen LogP contribution in [0.5, 0.6) is 5.75 Å². The van der Waals surface area contributed by atoms with Gasteiger partial charge in [0.15, 0.2) is 0 Å². The lowest BCUT2D eigenvalue weighted by Gasteiger charge is -2.27. The fraction of sp³-hybridized carbons (Fsp3) is 0.647. The molecule has 20 heavy (non-hydrogen) atoms. The minimum atomic E-state index is 1.08. The highest BCUT2D eigenvalue weighted by atomic mass is 16.5. The molecule has 2 rings (SSSR count). The zero-order chi connectivity index (χ0) is 14.4. The molecule has 1 N–H and O–H groups in total. The molecule has 0 aromatic heterocycles. The number of nitrogens with zero attached hydrogens (tertiary/aromatic N) is 1. The number of aryl methyl sites for hydroxylation is 3. The van der Waals surface area contributed by atoms with Crippen LogP contribution < -0.4 is 10.1 Å². The van der Waals surface area contributed by atoms with Crippen LogP contribution in [0.2, 0.25) is 0 Å². The molecule has 1 aromatic rings. The summed E-state index contributed by atoms with van der Waals surface area (Å²) < 4.78 is 5.56. The standard InChI is InChI=1S/C17H28N2O/c1-14-12-15(2)17(20-3)16(13-14)6-4-5-9-19-10-7-18-8-11-19/h12-13,18H,4-11H2,1-3H3. The minimum Gasteiger partial charge on any atom is -0.496 e. The molecule has 0 aliphatic carbocycles. The highest BCUT2D eigenvalue weighted by Crippen LogP contribution is 2.26. The van der Waals surface area contributed by atoms with Gasteiger partial charge in [-0.15, -0.1) is 0 Å². The number of hydrogen-bond acceptors (Lipinski definition) is 3. The van der Waals surface area contributed by atoms with Crippen molar-refractivity contribution in [2.45, 2.75) is 33.1 Å². The maximum atomic E-state index is 5.56. The van der Waals surface area contributed by atoms with E-state index in [1.165, 1.54) is 49.2 Å². The van der Waals surface area contributed by atoms with Gasteiger partial charge in [0.1, 0.15) is 5.75 Å². The molecular weight excluding hydrogens is 248 g/mol. The Kier molecular flexibility index (Phi) is 5.86. The fourth-order valence-electron chi connectivity index (χ4n) is 3.11. The monoisotopic (exact) mass is 276 g/mol. The van der Waals surface area contributed by atoms with Crippen molar-refractivity contribution in [1.29, 1.82) is 0 Å². The topological polar surface area (TPSA) is 24.5 Å². The molecule has 0 bridgehead atoms. The van der Waals surface area contributed by atoms with Crippen LogP contribution >= 0.6 is 0 Å². The van der Waals surface area contributed by atoms with E-state index in [1.54, 1.807) is 7.11 Å². The average molecular weight is 276 g/mol. The van der Waals surface area contributed by atoms with Crippen molar-refractivity contribution in [2.75, 3.05) is 39.8 Å². The Morgan fingerprint density at radius 2 is 1.90 bits per heavy atom. The molecule has 1 aliphatic rings. The van der Waals surface area contributed by atoms with Gasteiger partial charge < -0.3 is 15.0 Å². The van der Waals surface area contributed by atoms with E-state index in [9.17, 15) is 0 Å². The molecule has 1 aliphatic heterocycles. The number of methoxy groups -OCH3 is 1. The van der Waals surface area contributed by atoms with Gasteiger partial charge in [-0.05, 0) is 50.8 Å². The number of hydrogen-bond donors (Lipinski definition) is 1. The van der Waals surface area contributed by atoms with Crippen LogP contribution in [-0.2, 0) is 6.42 Å². The van der Waals surface area contributed by atoms with Crippen molar-refractivity contribution >= 4 is 0 Å². The van der Waals surface area contributed by atoms with Crippen molar-refractivity contribution in [2.24, 2.45) is 0 Å². The molecule has 0 spiro atoms. The van der Waals surface area contributed by atoms with E-state index in [1.807, 2.05) is 0 Å². The van der Waals surface area contributed by atoms with Gasteiger partial charge in [0.2, 0.25) is 0 Å². The summed E-state index contributed by atoms with van der Waals surface area (Å²) in [6.45, 7) is 10.2. The molecule has 0 saturated carbocycles. The first-order chi connectivity index (χ1) is 9.70. The summed E-state index contributed by atoms with van der Waals surface area (Å²) in [6, 6.07) is 4.47. The first-order valence-electron chi connectivity index (χ1n) is 7.78. The largest absolute Gasteiger partial charge is 0.496 e. The number of unbranched alkanes of at least 4 members (excludes halogenated alkanes) is 1. The van der Waals surface area contributed by atoms with Gasteiger partial charge in [-0.25, -0.2) is 0 Å². The first-order valence-corrected chi connectivity index (χ1v) is 7.78. The second kappa shape index (κ2) is 7.65. The van der Waals surface area contributed by atoms with Crippen LogP contribution in [0.3, 0.4) is 0 Å². The van der Waals surface area contributed by atoms with Gasteiger partial charge in [0.05, 0.1) is 7.11 Å². The number of rotatable bonds is 6. The molecule has 0 unspecified atom stereocenters. The number of benzene rings is 1. The molecular formula is C17H28N2O.